The summed E-state index contributed by atoms with van der Waals surface area (Å²) in [4.78, 5) is 8.28. The average molecular weight is 325 g/mol. The Kier molecular flexibility index (Phi) is 5.74. The van der Waals surface area contributed by atoms with Crippen LogP contribution >= 0.6 is 0 Å². The lowest BCUT2D eigenvalue weighted by Crippen LogP contribution is -2.20. The number of rotatable bonds is 7. The molecule has 2 atom stereocenters. The van der Waals surface area contributed by atoms with Crippen molar-refractivity contribution in [2.45, 2.75) is 37.8 Å². The fraction of sp³-hybridized carbons (Fsp3) is 0.389. The Morgan fingerprint density at radius 3 is 3.00 bits per heavy atom. The molecule has 126 valence electrons. The minimum Gasteiger partial charge on any atom is -0.378 e. The number of hydrogen-bond acceptors (Lipinski definition) is 6. The summed E-state index contributed by atoms with van der Waals surface area (Å²) in [6, 6.07) is 10.8. The first-order chi connectivity index (χ1) is 11.8. The van der Waals surface area contributed by atoms with Gasteiger partial charge < -0.3 is 15.9 Å². The van der Waals surface area contributed by atoms with Gasteiger partial charge in [-0.25, -0.2) is 9.97 Å². The largest absolute Gasteiger partial charge is 0.378 e. The smallest absolute Gasteiger partial charge is 0.138 e. The molecule has 1 aliphatic carbocycles. The fourth-order valence-corrected chi connectivity index (χ4v) is 3.04. The minimum absolute atomic E-state index is 0.305. The summed E-state index contributed by atoms with van der Waals surface area (Å²) in [5, 5.41) is 7.01. The topological polar surface area (TPSA) is 85.4 Å². The average Bonchev–Trinajstić information content (AvgIpc) is 3.05. The third-order valence-electron chi connectivity index (χ3n) is 4.27. The molecule has 6 nitrogen and oxygen atoms in total. The van der Waals surface area contributed by atoms with Crippen molar-refractivity contribution in [3.8, 4) is 0 Å². The summed E-state index contributed by atoms with van der Waals surface area (Å²) in [6.07, 6.45) is 9.17. The summed E-state index contributed by atoms with van der Waals surface area (Å²) in [5.41, 5.74) is 2.12. The number of nitrogens with zero attached hydrogens (tertiary/aromatic N) is 3. The van der Waals surface area contributed by atoms with Crippen LogP contribution in [0.4, 0.5) is 5.82 Å². The highest BCUT2D eigenvalue weighted by Gasteiger charge is 2.25. The second-order valence-electron chi connectivity index (χ2n) is 5.99. The molecule has 3 rings (SSSR count). The van der Waals surface area contributed by atoms with Crippen molar-refractivity contribution < 1.29 is 4.74 Å². The van der Waals surface area contributed by atoms with E-state index in [0.29, 0.717) is 12.1 Å². The van der Waals surface area contributed by atoms with Crippen LogP contribution in [-0.2, 0) is 11.2 Å². The van der Waals surface area contributed by atoms with Gasteiger partial charge in [-0.15, -0.1) is 0 Å². The monoisotopic (exact) mass is 325 g/mol. The van der Waals surface area contributed by atoms with Gasteiger partial charge >= 0.3 is 0 Å². The number of hydrazone groups is 1. The van der Waals surface area contributed by atoms with Gasteiger partial charge in [-0.05, 0) is 31.2 Å². The third kappa shape index (κ3) is 4.52. The first kappa shape index (κ1) is 16.4. The molecule has 0 spiro atoms. The van der Waals surface area contributed by atoms with Crippen LogP contribution in [0, 0.1) is 0 Å². The van der Waals surface area contributed by atoms with E-state index >= 15 is 0 Å². The second-order valence-corrected chi connectivity index (χ2v) is 5.99. The molecule has 1 saturated carbocycles. The first-order valence-electron chi connectivity index (χ1n) is 8.30. The SMILES string of the molecule is N/N=C\c1cncnc1NC1CCC(OCCc2ccccc2)C1. The molecule has 0 bridgehead atoms. The number of hydrogen-bond donors (Lipinski definition) is 2. The quantitative estimate of drug-likeness (QED) is 0.464. The van der Waals surface area contributed by atoms with Crippen molar-refractivity contribution >= 4 is 12.0 Å². The molecular weight excluding hydrogens is 302 g/mol. The molecule has 3 N–H and O–H groups in total. The Bertz CT molecular complexity index is 661. The van der Waals surface area contributed by atoms with Crippen LogP contribution in [0.25, 0.3) is 0 Å². The van der Waals surface area contributed by atoms with Crippen molar-refractivity contribution in [2.75, 3.05) is 11.9 Å². The van der Waals surface area contributed by atoms with Gasteiger partial charge in [0.05, 0.1) is 24.5 Å². The van der Waals surface area contributed by atoms with E-state index in [0.717, 1.165) is 43.7 Å². The first-order valence-corrected chi connectivity index (χ1v) is 8.30. The van der Waals surface area contributed by atoms with Crippen molar-refractivity contribution in [1.82, 2.24) is 9.97 Å². The number of anilines is 1. The van der Waals surface area contributed by atoms with Gasteiger partial charge in [0.2, 0.25) is 0 Å². The number of nitrogens with one attached hydrogen (secondary N) is 1. The highest BCUT2D eigenvalue weighted by atomic mass is 16.5. The van der Waals surface area contributed by atoms with Gasteiger partial charge in [-0.1, -0.05) is 30.3 Å². The van der Waals surface area contributed by atoms with E-state index in [1.54, 1.807) is 12.4 Å². The number of nitrogens with two attached hydrogens (primary N) is 1. The predicted molar refractivity (Wildman–Crippen MR) is 95.0 cm³/mol. The van der Waals surface area contributed by atoms with E-state index in [1.807, 2.05) is 6.07 Å². The van der Waals surface area contributed by atoms with Gasteiger partial charge in [-0.2, -0.15) is 5.10 Å². The molecule has 1 aromatic heterocycles. The number of ether oxygens (including phenoxy) is 1. The van der Waals surface area contributed by atoms with E-state index in [2.05, 4.69) is 44.7 Å². The van der Waals surface area contributed by atoms with Gasteiger partial charge in [0.1, 0.15) is 12.1 Å². The fourth-order valence-electron chi connectivity index (χ4n) is 3.04. The van der Waals surface area contributed by atoms with Crippen molar-refractivity contribution in [3.63, 3.8) is 0 Å². The predicted octanol–water partition coefficient (Wildman–Crippen LogP) is 2.36. The van der Waals surface area contributed by atoms with Gasteiger partial charge in [0, 0.05) is 12.2 Å². The normalized spacial score (nSPS) is 20.5. The minimum atomic E-state index is 0.305. The van der Waals surface area contributed by atoms with Crippen molar-refractivity contribution in [2.24, 2.45) is 10.9 Å². The maximum atomic E-state index is 6.03. The number of benzene rings is 1. The summed E-state index contributed by atoms with van der Waals surface area (Å²) in [5.74, 6) is 6.00. The zero-order valence-electron chi connectivity index (χ0n) is 13.6. The van der Waals surface area contributed by atoms with E-state index in [-0.39, 0.29) is 0 Å². The molecule has 6 heteroatoms. The molecule has 2 unspecified atom stereocenters. The third-order valence-corrected chi connectivity index (χ3v) is 4.27. The van der Waals surface area contributed by atoms with Gasteiger partial charge in [0.15, 0.2) is 0 Å². The van der Waals surface area contributed by atoms with Crippen LogP contribution in [0.5, 0.6) is 0 Å². The molecule has 2 aromatic rings. The molecule has 1 aromatic carbocycles. The van der Waals surface area contributed by atoms with Crippen LogP contribution in [0.1, 0.15) is 30.4 Å². The Labute approximate surface area is 142 Å². The molecule has 0 aliphatic heterocycles. The second kappa shape index (κ2) is 8.40. The van der Waals surface area contributed by atoms with Crippen LogP contribution in [0.15, 0.2) is 48.0 Å². The van der Waals surface area contributed by atoms with Gasteiger partial charge in [-0.3, -0.25) is 0 Å². The Hall–Kier alpha value is -2.47. The molecule has 24 heavy (non-hydrogen) atoms. The van der Waals surface area contributed by atoms with Crippen LogP contribution < -0.4 is 11.2 Å². The van der Waals surface area contributed by atoms with Crippen LogP contribution in [-0.4, -0.2) is 34.9 Å². The summed E-state index contributed by atoms with van der Waals surface area (Å²) >= 11 is 0. The Morgan fingerprint density at radius 1 is 1.29 bits per heavy atom. The zero-order chi connectivity index (χ0) is 16.6. The summed E-state index contributed by atoms with van der Waals surface area (Å²) in [6.45, 7) is 0.764. The highest BCUT2D eigenvalue weighted by Crippen LogP contribution is 2.25. The van der Waals surface area contributed by atoms with Crippen molar-refractivity contribution in [3.05, 3.63) is 54.0 Å². The maximum Gasteiger partial charge on any atom is 0.138 e. The standard InChI is InChI=1S/C18H23N5O/c19-22-12-15-11-20-13-21-18(15)23-16-6-7-17(10-16)24-9-8-14-4-2-1-3-5-14/h1-5,11-13,16-17H,6-10,19H2,(H,20,21,23)/b22-12-. The Morgan fingerprint density at radius 2 is 2.17 bits per heavy atom. The van der Waals surface area contributed by atoms with E-state index in [4.69, 9.17) is 10.6 Å². The molecule has 1 fully saturated rings. The van der Waals surface area contributed by atoms with E-state index in [9.17, 15) is 0 Å². The zero-order valence-corrected chi connectivity index (χ0v) is 13.6. The van der Waals surface area contributed by atoms with E-state index < -0.39 is 0 Å². The molecule has 1 aliphatic rings. The van der Waals surface area contributed by atoms with Crippen LogP contribution in [0.2, 0.25) is 0 Å². The lowest BCUT2D eigenvalue weighted by atomic mass is 10.2. The molecule has 1 heterocycles. The van der Waals surface area contributed by atoms with Gasteiger partial charge in [0.25, 0.3) is 0 Å². The lowest BCUT2D eigenvalue weighted by Gasteiger charge is -2.15. The highest BCUT2D eigenvalue weighted by molar-refractivity contribution is 5.85. The summed E-state index contributed by atoms with van der Waals surface area (Å²) < 4.78 is 6.03. The molecule has 0 radical (unpaired) electrons. The molecule has 0 amide bonds. The maximum absolute atomic E-state index is 6.03. The van der Waals surface area contributed by atoms with Crippen LogP contribution in [0.3, 0.4) is 0 Å². The summed E-state index contributed by atoms with van der Waals surface area (Å²) in [7, 11) is 0. The lowest BCUT2D eigenvalue weighted by molar-refractivity contribution is 0.0601. The van der Waals surface area contributed by atoms with Crippen molar-refractivity contribution in [1.29, 1.82) is 0 Å². The molecular formula is C18H23N5O. The molecule has 0 saturated heterocycles. The Balaban J connectivity index is 1.46. The number of aromatic nitrogens is 2. The van der Waals surface area contributed by atoms with E-state index in [1.165, 1.54) is 11.9 Å².